The number of aryl methyl sites for hydroxylation is 1. The summed E-state index contributed by atoms with van der Waals surface area (Å²) in [5.74, 6) is 0.430. The van der Waals surface area contributed by atoms with E-state index in [0.29, 0.717) is 5.75 Å². The summed E-state index contributed by atoms with van der Waals surface area (Å²) in [6.07, 6.45) is 1.98. The van der Waals surface area contributed by atoms with Gasteiger partial charge < -0.3 is 0 Å². The van der Waals surface area contributed by atoms with Crippen LogP contribution in [0.5, 0.6) is 5.75 Å². The third-order valence-corrected chi connectivity index (χ3v) is 2.81. The molecule has 13 heavy (non-hydrogen) atoms. The molecule has 0 heterocycles. The van der Waals surface area contributed by atoms with Crippen molar-refractivity contribution in [1.82, 2.24) is 0 Å². The van der Waals surface area contributed by atoms with Crippen molar-refractivity contribution in [2.75, 3.05) is 6.26 Å². The van der Waals surface area contributed by atoms with Crippen LogP contribution in [0.3, 0.4) is 0 Å². The molecule has 0 aromatic heterocycles. The third-order valence-electron chi connectivity index (χ3n) is 1.55. The second-order valence-electron chi connectivity index (χ2n) is 2.46. The molecule has 0 aliphatic heterocycles. The van der Waals surface area contributed by atoms with Gasteiger partial charge in [0.15, 0.2) is 5.75 Å². The summed E-state index contributed by atoms with van der Waals surface area (Å²) in [7, 11) is -2.56. The Morgan fingerprint density at radius 2 is 2.23 bits per heavy atom. The van der Waals surface area contributed by atoms with Crippen molar-refractivity contribution in [3.8, 4) is 5.75 Å². The average Bonchev–Trinajstić information content (AvgIpc) is 2.03. The molecule has 1 atom stereocenters. The summed E-state index contributed by atoms with van der Waals surface area (Å²) in [5, 5.41) is 0. The summed E-state index contributed by atoms with van der Waals surface area (Å²) < 4.78 is 15.0. The molecule has 3 nitrogen and oxygen atoms in total. The SMILES string of the molecule is CSc1ccc(O[P+](=O)O)cc1C. The van der Waals surface area contributed by atoms with Gasteiger partial charge in [-0.3, -0.25) is 0 Å². The number of thioether (sulfide) groups is 1. The van der Waals surface area contributed by atoms with Crippen molar-refractivity contribution in [3.05, 3.63) is 23.8 Å². The van der Waals surface area contributed by atoms with Gasteiger partial charge in [-0.15, -0.1) is 16.7 Å². The Morgan fingerprint density at radius 1 is 1.54 bits per heavy atom. The summed E-state index contributed by atoms with van der Waals surface area (Å²) in [4.78, 5) is 9.64. The Hall–Kier alpha value is -0.570. The molecule has 1 N–H and O–H groups in total. The van der Waals surface area contributed by atoms with Crippen LogP contribution in [-0.2, 0) is 4.57 Å². The van der Waals surface area contributed by atoms with E-state index in [2.05, 4.69) is 4.52 Å². The van der Waals surface area contributed by atoms with E-state index in [-0.39, 0.29) is 0 Å². The predicted molar refractivity (Wildman–Crippen MR) is 53.4 cm³/mol. The maximum atomic E-state index is 10.4. The van der Waals surface area contributed by atoms with Crippen molar-refractivity contribution in [2.45, 2.75) is 11.8 Å². The van der Waals surface area contributed by atoms with Gasteiger partial charge in [-0.25, -0.2) is 4.52 Å². The third kappa shape index (κ3) is 2.99. The van der Waals surface area contributed by atoms with E-state index in [4.69, 9.17) is 4.89 Å². The highest BCUT2D eigenvalue weighted by atomic mass is 32.2. The maximum absolute atomic E-state index is 10.4. The van der Waals surface area contributed by atoms with E-state index in [9.17, 15) is 4.57 Å². The molecule has 70 valence electrons. The second kappa shape index (κ2) is 4.61. The monoisotopic (exact) mass is 217 g/mol. The molecular weight excluding hydrogens is 207 g/mol. The predicted octanol–water partition coefficient (Wildman–Crippen LogP) is 2.75. The molecule has 0 saturated heterocycles. The zero-order valence-electron chi connectivity index (χ0n) is 7.35. The van der Waals surface area contributed by atoms with Crippen LogP contribution in [0.1, 0.15) is 5.56 Å². The van der Waals surface area contributed by atoms with Crippen LogP contribution in [0.4, 0.5) is 0 Å². The van der Waals surface area contributed by atoms with E-state index in [1.54, 1.807) is 23.9 Å². The van der Waals surface area contributed by atoms with Gasteiger partial charge in [-0.2, -0.15) is 0 Å². The highest BCUT2D eigenvalue weighted by Crippen LogP contribution is 2.28. The molecular formula is C8H10O3PS+. The van der Waals surface area contributed by atoms with Crippen molar-refractivity contribution >= 4 is 20.0 Å². The van der Waals surface area contributed by atoms with Gasteiger partial charge in [-0.05, 0) is 36.9 Å². The molecule has 0 aliphatic rings. The van der Waals surface area contributed by atoms with Gasteiger partial charge in [-0.1, -0.05) is 0 Å². The Labute approximate surface area is 82.1 Å². The highest BCUT2D eigenvalue weighted by Gasteiger charge is 2.14. The first kappa shape index (κ1) is 10.5. The number of rotatable bonds is 3. The molecule has 0 fully saturated rings. The fourth-order valence-corrected chi connectivity index (χ4v) is 1.88. The first-order valence-corrected chi connectivity index (χ1v) is 5.97. The van der Waals surface area contributed by atoms with Crippen LogP contribution in [-0.4, -0.2) is 11.1 Å². The molecule has 0 bridgehead atoms. The molecule has 5 heteroatoms. The minimum Gasteiger partial charge on any atom is -0.229 e. The van der Waals surface area contributed by atoms with Crippen LogP contribution in [0, 0.1) is 6.92 Å². The molecule has 0 saturated carbocycles. The lowest BCUT2D eigenvalue weighted by Crippen LogP contribution is -1.83. The quantitative estimate of drug-likeness (QED) is 0.624. The fraction of sp³-hybridized carbons (Fsp3) is 0.250. The lowest BCUT2D eigenvalue weighted by Gasteiger charge is -2.01. The summed E-state index contributed by atoms with van der Waals surface area (Å²) in [6.45, 7) is 1.93. The Bertz CT molecular complexity index is 327. The Kier molecular flexibility index (Phi) is 3.72. The average molecular weight is 217 g/mol. The first-order chi connectivity index (χ1) is 6.13. The second-order valence-corrected chi connectivity index (χ2v) is 3.97. The van der Waals surface area contributed by atoms with Gasteiger partial charge in [0.05, 0.1) is 0 Å². The molecule has 0 aliphatic carbocycles. The summed E-state index contributed by atoms with van der Waals surface area (Å²) in [6, 6.07) is 5.30. The van der Waals surface area contributed by atoms with Gasteiger partial charge in [0.25, 0.3) is 0 Å². The van der Waals surface area contributed by atoms with Crippen molar-refractivity contribution in [2.24, 2.45) is 0 Å². The summed E-state index contributed by atoms with van der Waals surface area (Å²) in [5.41, 5.74) is 1.04. The zero-order valence-corrected chi connectivity index (χ0v) is 9.06. The topological polar surface area (TPSA) is 46.5 Å². The molecule has 1 aromatic rings. The van der Waals surface area contributed by atoms with E-state index in [1.165, 1.54) is 0 Å². The number of hydrogen-bond acceptors (Lipinski definition) is 3. The van der Waals surface area contributed by atoms with Crippen LogP contribution in [0.15, 0.2) is 23.1 Å². The standard InChI is InChI=1S/C8H9O3PS/c1-6-5-7(11-12(9)10)3-4-8(6)13-2/h3-5H,1-2H3/p+1. The van der Waals surface area contributed by atoms with E-state index >= 15 is 0 Å². The first-order valence-electron chi connectivity index (χ1n) is 3.62. The largest absolute Gasteiger partial charge is 0.747 e. The summed E-state index contributed by atoms with van der Waals surface area (Å²) >= 11 is 1.63. The highest BCUT2D eigenvalue weighted by molar-refractivity contribution is 7.98. The van der Waals surface area contributed by atoms with Crippen molar-refractivity contribution < 1.29 is 14.0 Å². The van der Waals surface area contributed by atoms with Crippen LogP contribution < -0.4 is 4.52 Å². The van der Waals surface area contributed by atoms with Crippen LogP contribution in [0.25, 0.3) is 0 Å². The smallest absolute Gasteiger partial charge is 0.229 e. The van der Waals surface area contributed by atoms with Crippen molar-refractivity contribution in [1.29, 1.82) is 0 Å². The molecule has 1 aromatic carbocycles. The maximum Gasteiger partial charge on any atom is 0.747 e. The van der Waals surface area contributed by atoms with Gasteiger partial charge >= 0.3 is 8.25 Å². The lowest BCUT2D eigenvalue weighted by molar-refractivity contribution is 0.410. The van der Waals surface area contributed by atoms with E-state index < -0.39 is 8.25 Å². The molecule has 0 amide bonds. The van der Waals surface area contributed by atoms with Crippen LogP contribution in [0.2, 0.25) is 0 Å². The van der Waals surface area contributed by atoms with Gasteiger partial charge in [0, 0.05) is 9.46 Å². The number of hydrogen-bond donors (Lipinski definition) is 1. The van der Waals surface area contributed by atoms with Gasteiger partial charge in [0.2, 0.25) is 0 Å². The van der Waals surface area contributed by atoms with Crippen molar-refractivity contribution in [3.63, 3.8) is 0 Å². The Morgan fingerprint density at radius 3 is 2.69 bits per heavy atom. The van der Waals surface area contributed by atoms with E-state index in [0.717, 1.165) is 10.5 Å². The van der Waals surface area contributed by atoms with Crippen LogP contribution >= 0.6 is 20.0 Å². The zero-order chi connectivity index (χ0) is 9.84. The van der Waals surface area contributed by atoms with E-state index in [1.807, 2.05) is 19.2 Å². The molecule has 0 spiro atoms. The van der Waals surface area contributed by atoms with Gasteiger partial charge in [0.1, 0.15) is 0 Å². The lowest BCUT2D eigenvalue weighted by atomic mass is 10.2. The normalized spacial score (nSPS) is 11.2. The Balaban J connectivity index is 2.89. The molecule has 1 rings (SSSR count). The number of benzene rings is 1. The minimum atomic E-state index is -2.56. The molecule has 1 unspecified atom stereocenters. The molecule has 0 radical (unpaired) electrons. The fourth-order valence-electron chi connectivity index (χ4n) is 0.998. The minimum absolute atomic E-state index is 0.430.